The van der Waals surface area contributed by atoms with E-state index in [1.54, 1.807) is 20.8 Å². The number of nitrogens with zero attached hydrogens (tertiary/aromatic N) is 1. The summed E-state index contributed by atoms with van der Waals surface area (Å²) in [7, 11) is 0. The van der Waals surface area contributed by atoms with Gasteiger partial charge in [-0.05, 0) is 51.8 Å². The highest BCUT2D eigenvalue weighted by molar-refractivity contribution is 7.90. The van der Waals surface area contributed by atoms with Gasteiger partial charge in [-0.1, -0.05) is 0 Å². The van der Waals surface area contributed by atoms with Gasteiger partial charge in [0.1, 0.15) is 28.5 Å². The van der Waals surface area contributed by atoms with E-state index in [0.717, 1.165) is 11.0 Å². The molecule has 220 valence electrons. The van der Waals surface area contributed by atoms with Gasteiger partial charge in [0, 0.05) is 42.6 Å². The van der Waals surface area contributed by atoms with E-state index in [9.17, 15) is 23.7 Å². The SMILES string of the molecule is CC(C)(C)[S@@+]([O-])NC(c1cc(O[C@@H]2CCOC2)ccc1F)C(F)C(=O)C1C(=O)NC(=O)N(C2CCOCC2)C1=O. The van der Waals surface area contributed by atoms with E-state index in [2.05, 4.69) is 4.72 Å². The number of hydrogen-bond acceptors (Lipinski definition) is 9. The second-order valence-electron chi connectivity index (χ2n) is 10.8. The molecule has 0 radical (unpaired) electrons. The number of imide groups is 2. The molecule has 3 saturated heterocycles. The molecule has 1 aromatic carbocycles. The third kappa shape index (κ3) is 6.62. The summed E-state index contributed by atoms with van der Waals surface area (Å²) >= 11 is -2.00. The maximum absolute atomic E-state index is 16.2. The Morgan fingerprint density at radius 1 is 1.18 bits per heavy atom. The smallest absolute Gasteiger partial charge is 0.331 e. The van der Waals surface area contributed by atoms with Crippen LogP contribution in [0.4, 0.5) is 13.6 Å². The fraction of sp³-hybridized carbons (Fsp3) is 0.615. The van der Waals surface area contributed by atoms with Crippen LogP contribution in [0.25, 0.3) is 0 Å². The maximum Gasteiger partial charge on any atom is 0.331 e. The Kier molecular flexibility index (Phi) is 9.45. The number of Topliss-reactive ketones (excluding diaryl/α,β-unsaturated/α-hetero) is 1. The van der Waals surface area contributed by atoms with E-state index in [4.69, 9.17) is 14.2 Å². The molecule has 40 heavy (non-hydrogen) atoms. The van der Waals surface area contributed by atoms with Crippen LogP contribution < -0.4 is 14.8 Å². The summed E-state index contributed by atoms with van der Waals surface area (Å²) in [5.41, 5.74) is -0.379. The predicted molar refractivity (Wildman–Crippen MR) is 138 cm³/mol. The van der Waals surface area contributed by atoms with Crippen LogP contribution in [0.2, 0.25) is 0 Å². The van der Waals surface area contributed by atoms with E-state index >= 15 is 8.78 Å². The van der Waals surface area contributed by atoms with Crippen LogP contribution in [-0.4, -0.2) is 82.6 Å². The number of benzene rings is 1. The molecule has 3 aliphatic rings. The zero-order valence-corrected chi connectivity index (χ0v) is 23.3. The Morgan fingerprint density at radius 2 is 1.85 bits per heavy atom. The lowest BCUT2D eigenvalue weighted by atomic mass is 9.89. The van der Waals surface area contributed by atoms with Crippen LogP contribution in [0.5, 0.6) is 5.75 Å². The summed E-state index contributed by atoms with van der Waals surface area (Å²) in [6, 6.07) is 0.0415. The van der Waals surface area contributed by atoms with Gasteiger partial charge in [0.2, 0.25) is 5.91 Å². The summed E-state index contributed by atoms with van der Waals surface area (Å²) < 4.78 is 62.2. The van der Waals surface area contributed by atoms with Gasteiger partial charge in [-0.3, -0.25) is 24.6 Å². The molecule has 3 fully saturated rings. The number of urea groups is 1. The van der Waals surface area contributed by atoms with E-state index in [0.29, 0.717) is 19.6 Å². The van der Waals surface area contributed by atoms with Crippen molar-refractivity contribution in [3.05, 3.63) is 29.6 Å². The molecular weight excluding hydrogens is 552 g/mol. The molecule has 14 heteroatoms. The summed E-state index contributed by atoms with van der Waals surface area (Å²) in [5, 5.41) is 1.96. The first-order chi connectivity index (χ1) is 18.9. The van der Waals surface area contributed by atoms with Crippen LogP contribution >= 0.6 is 0 Å². The second-order valence-corrected chi connectivity index (χ2v) is 12.8. The number of carbonyl (C=O) groups excluding carboxylic acids is 4. The topological polar surface area (TPSA) is 146 Å². The average Bonchev–Trinajstić information content (AvgIpc) is 3.41. The van der Waals surface area contributed by atoms with Crippen LogP contribution in [0.3, 0.4) is 0 Å². The van der Waals surface area contributed by atoms with Gasteiger partial charge in [0.15, 0.2) is 17.9 Å². The largest absolute Gasteiger partial charge is 0.598 e. The minimum absolute atomic E-state index is 0.169. The summed E-state index contributed by atoms with van der Waals surface area (Å²) in [5.74, 6) is -6.88. The van der Waals surface area contributed by atoms with Crippen molar-refractivity contribution < 1.29 is 46.7 Å². The van der Waals surface area contributed by atoms with Crippen molar-refractivity contribution in [2.24, 2.45) is 5.92 Å². The van der Waals surface area contributed by atoms with Crippen molar-refractivity contribution in [3.8, 4) is 5.75 Å². The number of nitrogens with one attached hydrogen (secondary N) is 2. The van der Waals surface area contributed by atoms with Crippen LogP contribution in [0.15, 0.2) is 18.2 Å². The van der Waals surface area contributed by atoms with E-state index in [-0.39, 0.29) is 43.5 Å². The third-order valence-corrected chi connectivity index (χ3v) is 8.46. The summed E-state index contributed by atoms with van der Waals surface area (Å²) in [4.78, 5) is 52.6. The Balaban J connectivity index is 1.65. The van der Waals surface area contributed by atoms with Gasteiger partial charge in [-0.2, -0.15) is 0 Å². The lowest BCUT2D eigenvalue weighted by Crippen LogP contribution is -2.64. The van der Waals surface area contributed by atoms with Crippen molar-refractivity contribution in [3.63, 3.8) is 0 Å². The Hall–Kier alpha value is -2.65. The molecule has 0 saturated carbocycles. The molecule has 3 aliphatic heterocycles. The number of amides is 4. The fourth-order valence-corrected chi connectivity index (χ4v) is 5.49. The zero-order valence-electron chi connectivity index (χ0n) is 22.4. The lowest BCUT2D eigenvalue weighted by molar-refractivity contribution is -0.151. The monoisotopic (exact) mass is 585 g/mol. The van der Waals surface area contributed by atoms with E-state index in [1.165, 1.54) is 12.1 Å². The van der Waals surface area contributed by atoms with Crippen LogP contribution in [-0.2, 0) is 35.2 Å². The number of hydrogen-bond donors (Lipinski definition) is 2. The molecule has 11 nitrogen and oxygen atoms in total. The Labute approximate surface area is 233 Å². The third-order valence-electron chi connectivity index (χ3n) is 6.88. The molecule has 4 amide bonds. The van der Waals surface area contributed by atoms with Gasteiger partial charge in [0.05, 0.1) is 13.2 Å². The van der Waals surface area contributed by atoms with Crippen LogP contribution in [0.1, 0.15) is 51.6 Å². The first-order valence-electron chi connectivity index (χ1n) is 13.0. The van der Waals surface area contributed by atoms with E-state index in [1.807, 2.05) is 5.32 Å². The molecule has 2 N–H and O–H groups in total. The number of ether oxygens (including phenoxy) is 3. The van der Waals surface area contributed by atoms with Gasteiger partial charge in [-0.25, -0.2) is 13.6 Å². The van der Waals surface area contributed by atoms with Crippen molar-refractivity contribution in [2.75, 3.05) is 26.4 Å². The second kappa shape index (κ2) is 12.5. The number of rotatable bonds is 9. The predicted octanol–water partition coefficient (Wildman–Crippen LogP) is 1.87. The molecule has 0 aromatic heterocycles. The molecule has 3 heterocycles. The van der Waals surface area contributed by atoms with Crippen molar-refractivity contribution in [1.82, 2.24) is 14.9 Å². The number of halogens is 2. The molecule has 3 unspecified atom stereocenters. The quantitative estimate of drug-likeness (QED) is 0.328. The first-order valence-corrected chi connectivity index (χ1v) is 14.2. The minimum atomic E-state index is -2.70. The summed E-state index contributed by atoms with van der Waals surface area (Å²) in [6.45, 7) is 6.09. The molecule has 5 atom stereocenters. The Morgan fingerprint density at radius 3 is 2.48 bits per heavy atom. The molecular formula is C26H33F2N3O8S. The van der Waals surface area contributed by atoms with Gasteiger partial charge >= 0.3 is 6.03 Å². The molecule has 0 bridgehead atoms. The van der Waals surface area contributed by atoms with Gasteiger partial charge < -0.3 is 18.8 Å². The molecule has 0 spiro atoms. The first kappa shape index (κ1) is 30.3. The highest BCUT2D eigenvalue weighted by Crippen LogP contribution is 2.32. The van der Waals surface area contributed by atoms with Crippen LogP contribution in [0, 0.1) is 11.7 Å². The highest BCUT2D eigenvalue weighted by atomic mass is 32.2. The zero-order chi connectivity index (χ0) is 29.2. The standard InChI is InChI=1S/C26H33F2N3O8S/c1-26(2,3)40(36)30-21(17-12-15(4-5-18(17)27)39-16-8-11-38-13-16)20(28)22(32)19-23(33)29-25(35)31(24(19)34)14-6-9-37-10-7-14/h4-5,12,14,16,19-21,30H,6-11,13H2,1-3H3,(H,29,33,35)/t16-,19?,20?,21?,40-/m1/s1. The van der Waals surface area contributed by atoms with Crippen molar-refractivity contribution in [1.29, 1.82) is 0 Å². The fourth-order valence-electron chi connectivity index (χ4n) is 4.66. The molecule has 0 aliphatic carbocycles. The maximum atomic E-state index is 16.2. The normalized spacial score (nSPS) is 24.9. The Bertz CT molecular complexity index is 1140. The number of ketones is 1. The lowest BCUT2D eigenvalue weighted by Gasteiger charge is -2.37. The highest BCUT2D eigenvalue weighted by Gasteiger charge is 2.51. The number of alkyl halides is 1. The van der Waals surface area contributed by atoms with Gasteiger partial charge in [-0.15, -0.1) is 4.72 Å². The molecule has 4 rings (SSSR count). The van der Waals surface area contributed by atoms with E-state index < -0.39 is 69.7 Å². The van der Waals surface area contributed by atoms with Gasteiger partial charge in [0.25, 0.3) is 5.91 Å². The summed E-state index contributed by atoms with van der Waals surface area (Å²) in [6.07, 6.45) is -1.85. The minimum Gasteiger partial charge on any atom is -0.598 e. The van der Waals surface area contributed by atoms with Crippen molar-refractivity contribution in [2.45, 2.75) is 69.1 Å². The average molecular weight is 586 g/mol. The number of barbiturate groups is 1. The molecule has 1 aromatic rings. The number of carbonyl (C=O) groups is 4. The van der Waals surface area contributed by atoms with Crippen molar-refractivity contribution >= 4 is 35.0 Å².